The van der Waals surface area contributed by atoms with Crippen molar-refractivity contribution in [3.63, 3.8) is 0 Å². The topological polar surface area (TPSA) is 6.48 Å². The van der Waals surface area contributed by atoms with E-state index in [0.717, 1.165) is 24.0 Å². The van der Waals surface area contributed by atoms with Crippen molar-refractivity contribution in [1.29, 1.82) is 0 Å². The van der Waals surface area contributed by atoms with Crippen molar-refractivity contribution < 1.29 is 0 Å². The van der Waals surface area contributed by atoms with Crippen LogP contribution in [0.25, 0.3) is 0 Å². The van der Waals surface area contributed by atoms with Gasteiger partial charge in [0.25, 0.3) is 0 Å². The van der Waals surface area contributed by atoms with Crippen LogP contribution in [0, 0.1) is 5.92 Å². The molecule has 2 saturated heterocycles. The summed E-state index contributed by atoms with van der Waals surface area (Å²) in [7, 11) is 0. The number of alkyl halides is 1. The first kappa shape index (κ1) is 15.5. The van der Waals surface area contributed by atoms with E-state index in [1.54, 1.807) is 0 Å². The smallest absolute Gasteiger partial charge is 0.0494 e. The van der Waals surface area contributed by atoms with E-state index < -0.39 is 0 Å². The van der Waals surface area contributed by atoms with E-state index in [-0.39, 0.29) is 0 Å². The van der Waals surface area contributed by atoms with Gasteiger partial charge in [0, 0.05) is 36.2 Å². The van der Waals surface area contributed by atoms with Gasteiger partial charge in [-0.05, 0) is 62.4 Å². The van der Waals surface area contributed by atoms with Gasteiger partial charge in [0.15, 0.2) is 0 Å². The molecule has 0 atom stereocenters. The van der Waals surface area contributed by atoms with Crippen LogP contribution in [0.2, 0.25) is 5.02 Å². The molecule has 0 unspecified atom stereocenters. The number of anilines is 1. The Kier molecular flexibility index (Phi) is 5.31. The molecular formula is C17H24Cl2N2. The quantitative estimate of drug-likeness (QED) is 0.757. The molecule has 0 N–H and O–H groups in total. The fraction of sp³-hybridized carbons (Fsp3) is 0.647. The van der Waals surface area contributed by atoms with Gasteiger partial charge in [-0.15, -0.1) is 11.6 Å². The fourth-order valence-corrected chi connectivity index (χ4v) is 4.02. The molecular weight excluding hydrogens is 303 g/mol. The minimum atomic E-state index is 0.556. The molecule has 2 aliphatic rings. The summed E-state index contributed by atoms with van der Waals surface area (Å²) in [6.07, 6.45) is 5.34. The summed E-state index contributed by atoms with van der Waals surface area (Å²) in [5, 5.41) is 0.804. The van der Waals surface area contributed by atoms with Gasteiger partial charge in [0.2, 0.25) is 0 Å². The Bertz CT molecular complexity index is 464. The molecule has 116 valence electrons. The third-order valence-electron chi connectivity index (χ3n) is 4.86. The number of nitrogens with zero attached hydrogens (tertiary/aromatic N) is 2. The minimum Gasteiger partial charge on any atom is -0.371 e. The van der Waals surface area contributed by atoms with Crippen LogP contribution in [0.1, 0.15) is 31.2 Å². The predicted molar refractivity (Wildman–Crippen MR) is 91.6 cm³/mol. The van der Waals surface area contributed by atoms with E-state index in [4.69, 9.17) is 23.2 Å². The number of hydrogen-bond donors (Lipinski definition) is 0. The van der Waals surface area contributed by atoms with Gasteiger partial charge in [-0.25, -0.2) is 0 Å². The molecule has 2 heterocycles. The van der Waals surface area contributed by atoms with Crippen molar-refractivity contribution in [3.8, 4) is 0 Å². The highest BCUT2D eigenvalue weighted by atomic mass is 35.5. The second-order valence-corrected chi connectivity index (χ2v) is 7.05. The first-order valence-corrected chi connectivity index (χ1v) is 8.99. The summed E-state index contributed by atoms with van der Waals surface area (Å²) >= 11 is 12.2. The number of halogens is 2. The zero-order chi connectivity index (χ0) is 14.7. The lowest BCUT2D eigenvalue weighted by Gasteiger charge is -2.36. The molecule has 21 heavy (non-hydrogen) atoms. The average molecular weight is 327 g/mol. The Labute approximate surface area is 138 Å². The SMILES string of the molecule is ClCc1ccc(Cl)cc1N1CCC(CN2CCCC2)CC1. The number of hydrogen-bond acceptors (Lipinski definition) is 2. The molecule has 2 aliphatic heterocycles. The lowest BCUT2D eigenvalue weighted by Crippen LogP contribution is -2.38. The van der Waals surface area contributed by atoms with Gasteiger partial charge >= 0.3 is 0 Å². The Balaban J connectivity index is 1.59. The maximum atomic E-state index is 6.16. The Hall–Kier alpha value is -0.440. The van der Waals surface area contributed by atoms with Crippen LogP contribution in [0.5, 0.6) is 0 Å². The Morgan fingerprint density at radius 1 is 1.05 bits per heavy atom. The minimum absolute atomic E-state index is 0.556. The van der Waals surface area contributed by atoms with E-state index >= 15 is 0 Å². The number of likely N-dealkylation sites (tertiary alicyclic amines) is 1. The number of benzene rings is 1. The van der Waals surface area contributed by atoms with Crippen molar-refractivity contribution >= 4 is 28.9 Å². The van der Waals surface area contributed by atoms with E-state index in [0.29, 0.717) is 5.88 Å². The molecule has 1 aromatic rings. The predicted octanol–water partition coefficient (Wildman–Crippen LogP) is 4.39. The van der Waals surface area contributed by atoms with E-state index in [1.807, 2.05) is 6.07 Å². The summed E-state index contributed by atoms with van der Waals surface area (Å²) < 4.78 is 0. The highest BCUT2D eigenvalue weighted by molar-refractivity contribution is 6.31. The maximum absolute atomic E-state index is 6.16. The molecule has 1 aromatic carbocycles. The molecule has 4 heteroatoms. The van der Waals surface area contributed by atoms with Gasteiger partial charge in [0.05, 0.1) is 0 Å². The molecule has 0 aromatic heterocycles. The zero-order valence-electron chi connectivity index (χ0n) is 12.5. The summed E-state index contributed by atoms with van der Waals surface area (Å²) in [5.74, 6) is 1.42. The normalized spacial score (nSPS) is 21.1. The van der Waals surface area contributed by atoms with E-state index in [9.17, 15) is 0 Å². The van der Waals surface area contributed by atoms with Gasteiger partial charge in [-0.3, -0.25) is 0 Å². The maximum Gasteiger partial charge on any atom is 0.0494 e. The van der Waals surface area contributed by atoms with Crippen molar-refractivity contribution in [3.05, 3.63) is 28.8 Å². The van der Waals surface area contributed by atoms with Crippen molar-refractivity contribution in [2.45, 2.75) is 31.6 Å². The highest BCUT2D eigenvalue weighted by Gasteiger charge is 2.24. The highest BCUT2D eigenvalue weighted by Crippen LogP contribution is 2.30. The molecule has 2 nitrogen and oxygen atoms in total. The standard InChI is InChI=1S/C17H24Cl2N2/c18-12-15-3-4-16(19)11-17(15)21-9-5-14(6-10-21)13-20-7-1-2-8-20/h3-4,11,14H,1-2,5-10,12-13H2. The molecule has 0 bridgehead atoms. The second kappa shape index (κ2) is 7.21. The van der Waals surface area contributed by atoms with Crippen LogP contribution in [0.4, 0.5) is 5.69 Å². The van der Waals surface area contributed by atoms with Crippen LogP contribution < -0.4 is 4.90 Å². The third kappa shape index (κ3) is 3.85. The van der Waals surface area contributed by atoms with E-state index in [1.165, 1.54) is 56.6 Å². The molecule has 2 fully saturated rings. The van der Waals surface area contributed by atoms with Crippen LogP contribution in [-0.4, -0.2) is 37.6 Å². The van der Waals surface area contributed by atoms with Crippen LogP contribution in [-0.2, 0) is 5.88 Å². The van der Waals surface area contributed by atoms with E-state index in [2.05, 4.69) is 21.9 Å². The molecule has 0 radical (unpaired) electrons. The Morgan fingerprint density at radius 3 is 2.43 bits per heavy atom. The van der Waals surface area contributed by atoms with Crippen LogP contribution >= 0.6 is 23.2 Å². The van der Waals surface area contributed by atoms with Crippen molar-refractivity contribution in [1.82, 2.24) is 4.90 Å². The summed E-state index contributed by atoms with van der Waals surface area (Å²) in [5.41, 5.74) is 2.43. The summed E-state index contributed by atoms with van der Waals surface area (Å²) in [6.45, 7) is 6.17. The fourth-order valence-electron chi connectivity index (χ4n) is 3.63. The summed E-state index contributed by atoms with van der Waals surface area (Å²) in [4.78, 5) is 5.11. The molecule has 0 amide bonds. The lowest BCUT2D eigenvalue weighted by molar-refractivity contribution is 0.249. The van der Waals surface area contributed by atoms with Gasteiger partial charge < -0.3 is 9.80 Å². The first-order chi connectivity index (χ1) is 10.3. The second-order valence-electron chi connectivity index (χ2n) is 6.34. The van der Waals surface area contributed by atoms with Gasteiger partial charge in [0.1, 0.15) is 0 Å². The van der Waals surface area contributed by atoms with Crippen molar-refractivity contribution in [2.24, 2.45) is 5.92 Å². The molecule has 3 rings (SSSR count). The largest absolute Gasteiger partial charge is 0.371 e. The number of piperidine rings is 1. The van der Waals surface area contributed by atoms with Crippen molar-refractivity contribution in [2.75, 3.05) is 37.6 Å². The molecule has 0 spiro atoms. The molecule has 0 aliphatic carbocycles. The zero-order valence-corrected chi connectivity index (χ0v) is 14.0. The lowest BCUT2D eigenvalue weighted by atomic mass is 9.95. The Morgan fingerprint density at radius 2 is 1.76 bits per heavy atom. The average Bonchev–Trinajstić information content (AvgIpc) is 3.01. The first-order valence-electron chi connectivity index (χ1n) is 8.08. The third-order valence-corrected chi connectivity index (χ3v) is 5.38. The number of rotatable bonds is 4. The van der Waals surface area contributed by atoms with Crippen LogP contribution in [0.15, 0.2) is 18.2 Å². The molecule has 0 saturated carbocycles. The van der Waals surface area contributed by atoms with Crippen LogP contribution in [0.3, 0.4) is 0 Å². The van der Waals surface area contributed by atoms with Gasteiger partial charge in [-0.2, -0.15) is 0 Å². The monoisotopic (exact) mass is 326 g/mol. The van der Waals surface area contributed by atoms with Gasteiger partial charge in [-0.1, -0.05) is 17.7 Å². The summed E-state index contributed by atoms with van der Waals surface area (Å²) in [6, 6.07) is 6.06.